The zero-order valence-corrected chi connectivity index (χ0v) is 16.6. The van der Waals surface area contributed by atoms with Gasteiger partial charge in [-0.25, -0.2) is 10.0 Å². The summed E-state index contributed by atoms with van der Waals surface area (Å²) in [5.41, 5.74) is 0.774. The Labute approximate surface area is 181 Å². The van der Waals surface area contributed by atoms with E-state index in [0.717, 1.165) is 10.0 Å². The van der Waals surface area contributed by atoms with Gasteiger partial charge in [-0.15, -0.1) is 0 Å². The molecule has 6 atom stereocenters. The van der Waals surface area contributed by atoms with Crippen molar-refractivity contribution in [1.29, 1.82) is 0 Å². The molecule has 166 valence electrons. The van der Waals surface area contributed by atoms with Crippen LogP contribution in [0.15, 0.2) is 60.7 Å². The molecule has 0 radical (unpaired) electrons. The molecule has 10 nitrogen and oxygen atoms in total. The Kier molecular flexibility index (Phi) is 5.41. The molecule has 2 aliphatic heterocycles. The number of hydrazine groups is 1. The first-order chi connectivity index (χ1) is 15.3. The van der Waals surface area contributed by atoms with E-state index in [-0.39, 0.29) is 0 Å². The summed E-state index contributed by atoms with van der Waals surface area (Å²) in [4.78, 5) is 49.3. The van der Waals surface area contributed by atoms with Gasteiger partial charge < -0.3 is 20.4 Å². The molecule has 32 heavy (non-hydrogen) atoms. The topological polar surface area (TPSA) is 156 Å². The van der Waals surface area contributed by atoms with Crippen LogP contribution < -0.4 is 0 Å². The Morgan fingerprint density at radius 3 is 1.09 bits per heavy atom. The van der Waals surface area contributed by atoms with E-state index in [1.807, 2.05) is 0 Å². The summed E-state index contributed by atoms with van der Waals surface area (Å²) in [5, 5.41) is 42.3. The van der Waals surface area contributed by atoms with Crippen LogP contribution in [0, 0.1) is 11.8 Å². The van der Waals surface area contributed by atoms with E-state index in [2.05, 4.69) is 0 Å². The highest BCUT2D eigenvalue weighted by Crippen LogP contribution is 2.55. The molecule has 0 bridgehead atoms. The van der Waals surface area contributed by atoms with Gasteiger partial charge in [-0.3, -0.25) is 19.2 Å². The van der Waals surface area contributed by atoms with Gasteiger partial charge in [0.2, 0.25) is 0 Å². The molecule has 4 N–H and O–H groups in total. The van der Waals surface area contributed by atoms with Crippen molar-refractivity contribution in [3.63, 3.8) is 0 Å². The van der Waals surface area contributed by atoms with Gasteiger partial charge in [0.25, 0.3) is 0 Å². The molecule has 2 saturated heterocycles. The third-order valence-electron chi connectivity index (χ3n) is 6.13. The zero-order chi connectivity index (χ0) is 23.2. The van der Waals surface area contributed by atoms with Gasteiger partial charge in [0.1, 0.15) is 23.9 Å². The molecule has 0 saturated carbocycles. The van der Waals surface area contributed by atoms with Crippen LogP contribution >= 0.6 is 0 Å². The smallest absolute Gasteiger partial charge is 0.323 e. The van der Waals surface area contributed by atoms with Gasteiger partial charge in [-0.2, -0.15) is 0 Å². The standard InChI is InChI=1S/C22H20N2O8/c25-19(26)13-15(11-7-3-1-4-8-11)23-18(22(31)32)14(20(27)28)16(12-9-5-2-6-10-12)24(23)17(13)21(29)30/h1-10,13-18H,(H,25,26)(H,27,28)(H,29,30)(H,31,32)/t13-,14-,15+,16+,17-,18+/m0/s1. The predicted octanol–water partition coefficient (Wildman–Crippen LogP) is 1.32. The zero-order valence-electron chi connectivity index (χ0n) is 16.6. The summed E-state index contributed by atoms with van der Waals surface area (Å²) in [6.45, 7) is 0. The highest BCUT2D eigenvalue weighted by atomic mass is 16.4. The van der Waals surface area contributed by atoms with Crippen molar-refractivity contribution in [2.45, 2.75) is 24.2 Å². The number of carboxylic acid groups (broad SMARTS) is 4. The minimum atomic E-state index is -1.67. The number of carboxylic acids is 4. The Morgan fingerprint density at radius 1 is 0.531 bits per heavy atom. The number of carbonyl (C=O) groups is 4. The highest BCUT2D eigenvalue weighted by molar-refractivity contribution is 5.88. The molecular formula is C22H20N2O8. The van der Waals surface area contributed by atoms with Crippen LogP contribution in [0.3, 0.4) is 0 Å². The molecule has 2 fully saturated rings. The SMILES string of the molecule is O=C(O)[C@@H]1[C@@H](C(=O)O)N2[C@H](c3ccccc3)[C@H](C(=O)O)[C@H](C(=O)O)N2[C@@H]1c1ccccc1. The first-order valence-corrected chi connectivity index (χ1v) is 9.83. The van der Waals surface area contributed by atoms with E-state index in [9.17, 15) is 39.6 Å². The minimum Gasteiger partial charge on any atom is -0.481 e. The van der Waals surface area contributed by atoms with Crippen LogP contribution in [0.5, 0.6) is 0 Å². The lowest BCUT2D eigenvalue weighted by molar-refractivity contribution is -0.156. The van der Waals surface area contributed by atoms with Crippen molar-refractivity contribution in [3.05, 3.63) is 71.8 Å². The Bertz CT molecular complexity index is 975. The second kappa shape index (κ2) is 8.06. The van der Waals surface area contributed by atoms with Crippen LogP contribution in [0.1, 0.15) is 23.2 Å². The predicted molar refractivity (Wildman–Crippen MR) is 107 cm³/mol. The minimum absolute atomic E-state index is 0.387. The van der Waals surface area contributed by atoms with Crippen LogP contribution in [-0.2, 0) is 19.2 Å². The average Bonchev–Trinajstić information content (AvgIpc) is 3.27. The maximum absolute atomic E-state index is 12.3. The maximum Gasteiger partial charge on any atom is 0.323 e. The number of hydrogen-bond donors (Lipinski definition) is 4. The summed E-state index contributed by atoms with van der Waals surface area (Å²) in [6, 6.07) is 10.5. The van der Waals surface area contributed by atoms with Crippen molar-refractivity contribution >= 4 is 23.9 Å². The van der Waals surface area contributed by atoms with E-state index in [1.165, 1.54) is 0 Å². The van der Waals surface area contributed by atoms with Gasteiger partial charge in [0.05, 0.1) is 12.1 Å². The van der Waals surface area contributed by atoms with Crippen LogP contribution in [0.25, 0.3) is 0 Å². The Morgan fingerprint density at radius 2 is 0.844 bits per heavy atom. The quantitative estimate of drug-likeness (QED) is 0.517. The van der Waals surface area contributed by atoms with Gasteiger partial charge in [-0.05, 0) is 11.1 Å². The third-order valence-corrected chi connectivity index (χ3v) is 6.13. The summed E-state index contributed by atoms with van der Waals surface area (Å²) < 4.78 is 0. The van der Waals surface area contributed by atoms with E-state index >= 15 is 0 Å². The summed E-state index contributed by atoms with van der Waals surface area (Å²) in [7, 11) is 0. The molecule has 4 rings (SSSR count). The van der Waals surface area contributed by atoms with Gasteiger partial charge in [-0.1, -0.05) is 60.7 Å². The van der Waals surface area contributed by atoms with Crippen molar-refractivity contribution in [2.75, 3.05) is 0 Å². The highest BCUT2D eigenvalue weighted by Gasteiger charge is 2.68. The summed E-state index contributed by atoms with van der Waals surface area (Å²) >= 11 is 0. The molecule has 0 spiro atoms. The molecule has 0 aromatic heterocycles. The fraction of sp³-hybridized carbons (Fsp3) is 0.273. The number of hydrogen-bond acceptors (Lipinski definition) is 6. The lowest BCUT2D eigenvalue weighted by atomic mass is 9.82. The van der Waals surface area contributed by atoms with Crippen LogP contribution in [0.2, 0.25) is 0 Å². The van der Waals surface area contributed by atoms with Crippen LogP contribution in [-0.4, -0.2) is 66.4 Å². The third kappa shape index (κ3) is 3.20. The van der Waals surface area contributed by atoms with Crippen molar-refractivity contribution in [3.8, 4) is 0 Å². The van der Waals surface area contributed by atoms with Crippen molar-refractivity contribution < 1.29 is 39.6 Å². The molecule has 2 heterocycles. The van der Waals surface area contributed by atoms with Gasteiger partial charge in [0, 0.05) is 0 Å². The summed E-state index contributed by atoms with van der Waals surface area (Å²) in [5.74, 6) is -8.84. The lowest BCUT2D eigenvalue weighted by Gasteiger charge is -2.31. The second-order valence-electron chi connectivity index (χ2n) is 7.77. The van der Waals surface area contributed by atoms with Gasteiger partial charge >= 0.3 is 23.9 Å². The Hall–Kier alpha value is -3.76. The number of nitrogens with zero attached hydrogens (tertiary/aromatic N) is 2. The largest absolute Gasteiger partial charge is 0.481 e. The first-order valence-electron chi connectivity index (χ1n) is 9.83. The number of rotatable bonds is 6. The van der Waals surface area contributed by atoms with E-state index in [0.29, 0.717) is 11.1 Å². The van der Waals surface area contributed by atoms with Gasteiger partial charge in [0.15, 0.2) is 0 Å². The molecule has 2 aliphatic rings. The number of aliphatic carboxylic acids is 4. The average molecular weight is 440 g/mol. The molecular weight excluding hydrogens is 420 g/mol. The monoisotopic (exact) mass is 440 g/mol. The first kappa shape index (κ1) is 21.5. The lowest BCUT2D eigenvalue weighted by Crippen LogP contribution is -2.46. The molecule has 2 aromatic carbocycles. The normalized spacial score (nSPS) is 30.0. The molecule has 0 amide bonds. The van der Waals surface area contributed by atoms with E-state index in [1.54, 1.807) is 60.7 Å². The number of fused-ring (bicyclic) bond motifs is 1. The van der Waals surface area contributed by atoms with Crippen LogP contribution in [0.4, 0.5) is 0 Å². The fourth-order valence-electron chi connectivity index (χ4n) is 5.02. The number of benzene rings is 2. The molecule has 0 unspecified atom stereocenters. The molecule has 0 aliphatic carbocycles. The van der Waals surface area contributed by atoms with Crippen molar-refractivity contribution in [2.24, 2.45) is 11.8 Å². The van der Waals surface area contributed by atoms with E-state index < -0.39 is 59.9 Å². The van der Waals surface area contributed by atoms with E-state index in [4.69, 9.17) is 0 Å². The molecule has 2 aromatic rings. The maximum atomic E-state index is 12.3. The van der Waals surface area contributed by atoms with Crippen molar-refractivity contribution in [1.82, 2.24) is 10.0 Å². The fourth-order valence-corrected chi connectivity index (χ4v) is 5.02. The summed E-state index contributed by atoms with van der Waals surface area (Å²) in [6.07, 6.45) is 0. The second-order valence-corrected chi connectivity index (χ2v) is 7.77. The Balaban J connectivity index is 2.00. The molecule has 10 heteroatoms.